The fourth-order valence-corrected chi connectivity index (χ4v) is 10.7. The van der Waals surface area contributed by atoms with Gasteiger partial charge in [-0.25, -0.2) is 12.7 Å². The Morgan fingerprint density at radius 1 is 0.348 bits per heavy atom. The summed E-state index contributed by atoms with van der Waals surface area (Å²) in [5.74, 6) is -0.319. The number of carbonyl (C=O) groups excluding carboxylic acids is 3. The predicted molar refractivity (Wildman–Crippen MR) is 291 cm³/mol. The summed E-state index contributed by atoms with van der Waals surface area (Å²) in [6, 6.07) is 0. The van der Waals surface area contributed by atoms with Gasteiger partial charge in [0.2, 0.25) is 10.0 Å². The first-order valence-corrected chi connectivity index (χ1v) is 31.2. The summed E-state index contributed by atoms with van der Waals surface area (Å²) >= 11 is 0. The van der Waals surface area contributed by atoms with Gasteiger partial charge in [0.1, 0.15) is 18.3 Å². The average molecular weight is 1000 g/mol. The summed E-state index contributed by atoms with van der Waals surface area (Å²) < 4.78 is 46.6. The van der Waals surface area contributed by atoms with Crippen molar-refractivity contribution in [3.05, 3.63) is 0 Å². The minimum atomic E-state index is -3.49. The van der Waals surface area contributed by atoms with Crippen molar-refractivity contribution in [2.24, 2.45) is 0 Å². The number of sulfonamides is 1. The molecule has 10 nitrogen and oxygen atoms in total. The van der Waals surface area contributed by atoms with Crippen molar-refractivity contribution < 1.29 is 37.0 Å². The Kier molecular flexibility index (Phi) is 47.3. The molecule has 0 amide bonds. The topological polar surface area (TPSA) is 120 Å². The van der Waals surface area contributed by atoms with Gasteiger partial charge in [-0.2, -0.15) is 0 Å². The Bertz CT molecular complexity index is 1200. The van der Waals surface area contributed by atoms with E-state index in [0.29, 0.717) is 32.4 Å². The van der Waals surface area contributed by atoms with Crippen molar-refractivity contribution in [2.45, 2.75) is 316 Å². The lowest BCUT2D eigenvalue weighted by Gasteiger charge is -2.24. The zero-order valence-corrected chi connectivity index (χ0v) is 47.4. The second-order valence-corrected chi connectivity index (χ2v) is 23.0. The summed E-state index contributed by atoms with van der Waals surface area (Å²) in [4.78, 5) is 41.1. The van der Waals surface area contributed by atoms with Crippen molar-refractivity contribution >= 4 is 27.9 Å². The molecule has 0 radical (unpaired) electrons. The first kappa shape index (κ1) is 67.3. The molecule has 0 N–H and O–H groups in total. The van der Waals surface area contributed by atoms with Crippen molar-refractivity contribution in [3.63, 3.8) is 0 Å². The molecular weight excluding hydrogens is 885 g/mol. The monoisotopic (exact) mass is 999 g/mol. The second kappa shape index (κ2) is 48.5. The summed E-state index contributed by atoms with van der Waals surface area (Å²) in [5.41, 5.74) is 0. The molecule has 0 unspecified atom stereocenters. The fourth-order valence-electron chi connectivity index (χ4n) is 9.17. The van der Waals surface area contributed by atoms with E-state index in [0.717, 1.165) is 154 Å². The van der Waals surface area contributed by atoms with Crippen LogP contribution in [-0.2, 0) is 38.6 Å². The van der Waals surface area contributed by atoms with Crippen molar-refractivity contribution in [1.82, 2.24) is 9.21 Å². The molecule has 0 heterocycles. The molecule has 0 aliphatic carbocycles. The highest BCUT2D eigenvalue weighted by atomic mass is 32.2. The normalized spacial score (nSPS) is 12.1. The van der Waals surface area contributed by atoms with Gasteiger partial charge in [-0.1, -0.05) is 182 Å². The summed E-state index contributed by atoms with van der Waals surface area (Å²) in [5, 5.41) is 0. The molecule has 11 heteroatoms. The number of carbonyl (C=O) groups is 3. The smallest absolute Gasteiger partial charge is 0.307 e. The maximum absolute atomic E-state index is 13.5. The molecule has 0 aliphatic rings. The van der Waals surface area contributed by atoms with Crippen molar-refractivity contribution in [1.29, 1.82) is 0 Å². The van der Waals surface area contributed by atoms with Gasteiger partial charge in [0, 0.05) is 32.5 Å². The number of hydrogen-bond acceptors (Lipinski definition) is 9. The molecule has 0 bridgehead atoms. The standard InChI is InChI=1S/C58H114N2O8S/c1-8-13-18-23-30-39-52-69(64,65)60(51-50-59(6)7)49-48-58(63)68-55(44-35-26-24-28-37-46-56(61)66-53(40-31-19-14-9-2)41-32-20-15-10-3)45-36-27-25-29-38-47-57(62)67-54(42-33-21-16-11-4)43-34-22-17-12-5/h53-55H,8-52H2,1-7H3. The van der Waals surface area contributed by atoms with E-state index < -0.39 is 10.0 Å². The number of esters is 3. The van der Waals surface area contributed by atoms with Crippen LogP contribution in [0.3, 0.4) is 0 Å². The minimum absolute atomic E-state index is 0.0442. The van der Waals surface area contributed by atoms with Crippen LogP contribution in [0.25, 0.3) is 0 Å². The van der Waals surface area contributed by atoms with Crippen LogP contribution < -0.4 is 0 Å². The van der Waals surface area contributed by atoms with Gasteiger partial charge in [-0.15, -0.1) is 0 Å². The molecule has 0 aliphatic heterocycles. The fraction of sp³-hybridized carbons (Fsp3) is 0.948. The molecule has 0 spiro atoms. The maximum Gasteiger partial charge on any atom is 0.307 e. The van der Waals surface area contributed by atoms with Crippen LogP contribution in [0.2, 0.25) is 0 Å². The lowest BCUT2D eigenvalue weighted by Crippen LogP contribution is -2.39. The first-order chi connectivity index (χ1) is 33.4. The Hall–Kier alpha value is -1.72. The second-order valence-electron chi connectivity index (χ2n) is 20.9. The van der Waals surface area contributed by atoms with Crippen LogP contribution in [0, 0.1) is 0 Å². The van der Waals surface area contributed by atoms with Gasteiger partial charge < -0.3 is 19.1 Å². The van der Waals surface area contributed by atoms with Crippen LogP contribution in [0.4, 0.5) is 0 Å². The number of nitrogens with zero attached hydrogens (tertiary/aromatic N) is 2. The number of unbranched alkanes of at least 4 members (excludes halogenated alkanes) is 25. The molecule has 0 rings (SSSR count). The molecule has 69 heavy (non-hydrogen) atoms. The van der Waals surface area contributed by atoms with E-state index >= 15 is 0 Å². The Labute approximate surface area is 428 Å². The first-order valence-electron chi connectivity index (χ1n) is 29.6. The minimum Gasteiger partial charge on any atom is -0.462 e. The van der Waals surface area contributed by atoms with Crippen LogP contribution in [-0.4, -0.2) is 93.3 Å². The van der Waals surface area contributed by atoms with E-state index in [1.807, 2.05) is 19.0 Å². The number of hydrogen-bond donors (Lipinski definition) is 0. The molecule has 0 atom stereocenters. The number of rotatable bonds is 53. The van der Waals surface area contributed by atoms with E-state index in [9.17, 15) is 22.8 Å². The van der Waals surface area contributed by atoms with Crippen LogP contribution in [0.15, 0.2) is 0 Å². The lowest BCUT2D eigenvalue weighted by molar-refractivity contribution is -0.151. The van der Waals surface area contributed by atoms with E-state index in [1.165, 1.54) is 87.8 Å². The van der Waals surface area contributed by atoms with Gasteiger partial charge in [0.15, 0.2) is 0 Å². The Morgan fingerprint density at radius 2 is 0.623 bits per heavy atom. The zero-order chi connectivity index (χ0) is 51.1. The predicted octanol–water partition coefficient (Wildman–Crippen LogP) is 16.0. The largest absolute Gasteiger partial charge is 0.462 e. The van der Waals surface area contributed by atoms with E-state index in [2.05, 4.69) is 34.6 Å². The zero-order valence-electron chi connectivity index (χ0n) is 46.6. The Balaban J connectivity index is 5.23. The van der Waals surface area contributed by atoms with Crippen LogP contribution >= 0.6 is 0 Å². The highest BCUT2D eigenvalue weighted by Crippen LogP contribution is 2.21. The highest BCUT2D eigenvalue weighted by Gasteiger charge is 2.24. The van der Waals surface area contributed by atoms with E-state index in [4.69, 9.17) is 14.2 Å². The van der Waals surface area contributed by atoms with Gasteiger partial charge in [0.05, 0.1) is 12.2 Å². The lowest BCUT2D eigenvalue weighted by atomic mass is 10.0. The quantitative estimate of drug-likeness (QED) is 0.0333. The van der Waals surface area contributed by atoms with Crippen molar-refractivity contribution in [3.8, 4) is 0 Å². The van der Waals surface area contributed by atoms with Gasteiger partial charge in [0.25, 0.3) is 0 Å². The molecule has 410 valence electrons. The number of ether oxygens (including phenoxy) is 3. The average Bonchev–Trinajstić information content (AvgIpc) is 3.31. The maximum atomic E-state index is 13.5. The van der Waals surface area contributed by atoms with Gasteiger partial charge in [-0.05, 0) is 110 Å². The third-order valence-electron chi connectivity index (χ3n) is 13.7. The molecule has 0 saturated heterocycles. The van der Waals surface area contributed by atoms with Crippen LogP contribution in [0.5, 0.6) is 0 Å². The molecular formula is C58H114N2O8S. The summed E-state index contributed by atoms with van der Waals surface area (Å²) in [6.07, 6.45) is 41.0. The van der Waals surface area contributed by atoms with Gasteiger partial charge in [-0.3, -0.25) is 14.4 Å². The molecule has 0 fully saturated rings. The highest BCUT2D eigenvalue weighted by molar-refractivity contribution is 7.89. The third-order valence-corrected chi connectivity index (χ3v) is 15.7. The van der Waals surface area contributed by atoms with E-state index in [-0.39, 0.29) is 54.9 Å². The van der Waals surface area contributed by atoms with Gasteiger partial charge >= 0.3 is 17.9 Å². The molecule has 0 saturated carbocycles. The summed E-state index contributed by atoms with van der Waals surface area (Å²) in [7, 11) is 0.378. The summed E-state index contributed by atoms with van der Waals surface area (Å²) in [6.45, 7) is 12.2. The van der Waals surface area contributed by atoms with Crippen LogP contribution in [0.1, 0.15) is 298 Å². The molecule has 0 aromatic rings. The van der Waals surface area contributed by atoms with Crippen molar-refractivity contribution in [2.75, 3.05) is 39.5 Å². The Morgan fingerprint density at radius 3 is 0.957 bits per heavy atom. The molecule has 0 aromatic carbocycles. The van der Waals surface area contributed by atoms with E-state index in [1.54, 1.807) is 0 Å². The molecule has 0 aromatic heterocycles. The SMILES string of the molecule is CCCCCCCCS(=O)(=O)N(CCC(=O)OC(CCCCCCCC(=O)OC(CCCCCC)CCCCCC)CCCCCCCC(=O)OC(CCCCCC)CCCCCC)CCN(C)C. The number of likely N-dealkylation sites (N-methyl/N-ethyl adjacent to an activating group) is 1. The third kappa shape index (κ3) is 43.6.